The number of aryl methyl sites for hydroxylation is 1. The first-order chi connectivity index (χ1) is 10.6. The summed E-state index contributed by atoms with van der Waals surface area (Å²) in [5, 5.41) is 11.6. The summed E-state index contributed by atoms with van der Waals surface area (Å²) in [6.07, 6.45) is 0.981. The molecular formula is C15H19N3O2S2. The Morgan fingerprint density at radius 3 is 2.68 bits per heavy atom. The zero-order chi connectivity index (χ0) is 15.9. The molecule has 22 heavy (non-hydrogen) atoms. The number of nitrogens with one attached hydrogen (secondary N) is 1. The first-order valence-corrected chi connectivity index (χ1v) is 8.78. The molecule has 0 atom stereocenters. The van der Waals surface area contributed by atoms with Crippen molar-refractivity contribution >= 4 is 34.1 Å². The largest absolute Gasteiger partial charge is 0.484 e. The van der Waals surface area contributed by atoms with Crippen LogP contribution in [0.2, 0.25) is 0 Å². The maximum Gasteiger partial charge on any atom is 0.264 e. The number of anilines is 1. The van der Waals surface area contributed by atoms with Crippen LogP contribution in [-0.4, -0.2) is 28.0 Å². The molecule has 1 aromatic heterocycles. The number of amides is 1. The quantitative estimate of drug-likeness (QED) is 0.617. The number of nitrogens with zero attached hydrogens (tertiary/aromatic N) is 2. The molecule has 2 aromatic rings. The van der Waals surface area contributed by atoms with E-state index in [1.807, 2.05) is 24.3 Å². The van der Waals surface area contributed by atoms with Crippen LogP contribution in [-0.2, 0) is 11.2 Å². The lowest BCUT2D eigenvalue weighted by Gasteiger charge is -2.06. The van der Waals surface area contributed by atoms with E-state index in [9.17, 15) is 4.79 Å². The van der Waals surface area contributed by atoms with Crippen LogP contribution in [0.4, 0.5) is 5.13 Å². The molecule has 0 unspecified atom stereocenters. The Morgan fingerprint density at radius 2 is 2.05 bits per heavy atom. The van der Waals surface area contributed by atoms with Gasteiger partial charge in [-0.15, -0.1) is 10.2 Å². The van der Waals surface area contributed by atoms with Gasteiger partial charge in [-0.2, -0.15) is 0 Å². The zero-order valence-electron chi connectivity index (χ0n) is 12.8. The van der Waals surface area contributed by atoms with Crippen molar-refractivity contribution in [1.82, 2.24) is 10.2 Å². The second-order valence-corrected chi connectivity index (χ2v) is 7.68. The average Bonchev–Trinajstić information content (AvgIpc) is 2.92. The molecular weight excluding hydrogens is 318 g/mol. The predicted octanol–water partition coefficient (Wildman–Crippen LogP) is 3.62. The predicted molar refractivity (Wildman–Crippen MR) is 90.8 cm³/mol. The molecule has 1 heterocycles. The van der Waals surface area contributed by atoms with Gasteiger partial charge in [0.1, 0.15) is 5.75 Å². The maximum absolute atomic E-state index is 11.8. The van der Waals surface area contributed by atoms with Crippen LogP contribution in [0.5, 0.6) is 5.75 Å². The summed E-state index contributed by atoms with van der Waals surface area (Å²) in [6, 6.07) is 7.73. The summed E-state index contributed by atoms with van der Waals surface area (Å²) in [7, 11) is 0. The van der Waals surface area contributed by atoms with Crippen LogP contribution in [0.15, 0.2) is 28.6 Å². The minimum Gasteiger partial charge on any atom is -0.484 e. The number of benzene rings is 1. The van der Waals surface area contributed by atoms with Gasteiger partial charge in [0, 0.05) is 5.25 Å². The number of carbonyl (C=O) groups excluding carboxylic acids is 1. The van der Waals surface area contributed by atoms with E-state index in [0.29, 0.717) is 16.1 Å². The zero-order valence-corrected chi connectivity index (χ0v) is 14.5. The van der Waals surface area contributed by atoms with E-state index in [-0.39, 0.29) is 12.5 Å². The molecule has 0 saturated carbocycles. The molecule has 0 radical (unpaired) electrons. The Kier molecular flexibility index (Phi) is 6.21. The van der Waals surface area contributed by atoms with E-state index < -0.39 is 0 Å². The van der Waals surface area contributed by atoms with Crippen molar-refractivity contribution in [2.45, 2.75) is 36.8 Å². The van der Waals surface area contributed by atoms with Gasteiger partial charge >= 0.3 is 0 Å². The van der Waals surface area contributed by atoms with E-state index in [1.165, 1.54) is 16.9 Å². The van der Waals surface area contributed by atoms with Gasteiger partial charge in [-0.05, 0) is 24.1 Å². The molecule has 2 rings (SSSR count). The second-order valence-electron chi connectivity index (χ2n) is 4.87. The van der Waals surface area contributed by atoms with Gasteiger partial charge < -0.3 is 4.74 Å². The van der Waals surface area contributed by atoms with Gasteiger partial charge in [0.05, 0.1) is 0 Å². The number of aromatic nitrogens is 2. The van der Waals surface area contributed by atoms with Gasteiger partial charge in [-0.25, -0.2) is 0 Å². The summed E-state index contributed by atoms with van der Waals surface area (Å²) >= 11 is 2.99. The minimum atomic E-state index is -0.239. The lowest BCUT2D eigenvalue weighted by Crippen LogP contribution is -2.20. The Morgan fingerprint density at radius 1 is 1.32 bits per heavy atom. The molecule has 0 saturated heterocycles. The fraction of sp³-hybridized carbons (Fsp3) is 0.400. The second kappa shape index (κ2) is 8.14. The van der Waals surface area contributed by atoms with Crippen molar-refractivity contribution < 1.29 is 9.53 Å². The third-order valence-corrected chi connectivity index (χ3v) is 4.62. The fourth-order valence-electron chi connectivity index (χ4n) is 1.64. The first kappa shape index (κ1) is 16.8. The molecule has 0 aliphatic heterocycles. The van der Waals surface area contributed by atoms with Crippen LogP contribution in [0.1, 0.15) is 26.3 Å². The van der Waals surface area contributed by atoms with Crippen LogP contribution in [0.25, 0.3) is 0 Å². The van der Waals surface area contributed by atoms with Crippen molar-refractivity contribution in [3.8, 4) is 5.75 Å². The maximum atomic E-state index is 11.8. The molecule has 1 N–H and O–H groups in total. The SMILES string of the molecule is CCc1ccc(OCC(=O)Nc2nnc(SC(C)C)s2)cc1. The number of rotatable bonds is 7. The van der Waals surface area contributed by atoms with Gasteiger partial charge in [0.2, 0.25) is 5.13 Å². The lowest BCUT2D eigenvalue weighted by atomic mass is 10.2. The standard InChI is InChI=1S/C15H19N3O2S2/c1-4-11-5-7-12(8-6-11)20-9-13(19)16-14-17-18-15(22-14)21-10(2)3/h5-8,10H,4,9H2,1-3H3,(H,16,17,19). The summed E-state index contributed by atoms with van der Waals surface area (Å²) < 4.78 is 6.30. The fourth-order valence-corrected chi connectivity index (χ4v) is 3.63. The number of hydrogen-bond acceptors (Lipinski definition) is 6. The highest BCUT2D eigenvalue weighted by atomic mass is 32.2. The number of carbonyl (C=O) groups is 1. The summed E-state index contributed by atoms with van der Waals surface area (Å²) in [5.74, 6) is 0.442. The van der Waals surface area contributed by atoms with Crippen molar-refractivity contribution in [2.24, 2.45) is 0 Å². The lowest BCUT2D eigenvalue weighted by molar-refractivity contribution is -0.118. The molecule has 7 heteroatoms. The van der Waals surface area contributed by atoms with Crippen LogP contribution in [0.3, 0.4) is 0 Å². The molecule has 0 spiro atoms. The number of hydrogen-bond donors (Lipinski definition) is 1. The van der Waals surface area contributed by atoms with Crippen LogP contribution in [0, 0.1) is 0 Å². The smallest absolute Gasteiger partial charge is 0.264 e. The Labute approximate surface area is 138 Å². The highest BCUT2D eigenvalue weighted by molar-refractivity contribution is 8.01. The third kappa shape index (κ3) is 5.31. The molecule has 118 valence electrons. The number of thioether (sulfide) groups is 1. The van der Waals surface area contributed by atoms with Crippen LogP contribution < -0.4 is 10.1 Å². The van der Waals surface area contributed by atoms with E-state index in [4.69, 9.17) is 4.74 Å². The molecule has 1 amide bonds. The normalized spacial score (nSPS) is 10.7. The van der Waals surface area contributed by atoms with E-state index >= 15 is 0 Å². The molecule has 0 bridgehead atoms. The van der Waals surface area contributed by atoms with Crippen molar-refractivity contribution in [3.63, 3.8) is 0 Å². The van der Waals surface area contributed by atoms with Gasteiger partial charge in [-0.1, -0.05) is 56.0 Å². The van der Waals surface area contributed by atoms with E-state index in [1.54, 1.807) is 11.8 Å². The first-order valence-electron chi connectivity index (χ1n) is 7.08. The van der Waals surface area contributed by atoms with Crippen molar-refractivity contribution in [1.29, 1.82) is 0 Å². The average molecular weight is 337 g/mol. The van der Waals surface area contributed by atoms with Crippen LogP contribution >= 0.6 is 23.1 Å². The number of ether oxygens (including phenoxy) is 1. The summed E-state index contributed by atoms with van der Waals surface area (Å²) in [4.78, 5) is 11.8. The Hall–Kier alpha value is -1.60. The topological polar surface area (TPSA) is 64.1 Å². The molecule has 1 aromatic carbocycles. The van der Waals surface area contributed by atoms with Crippen molar-refractivity contribution in [2.75, 3.05) is 11.9 Å². The Balaban J connectivity index is 1.80. The molecule has 5 nitrogen and oxygen atoms in total. The van der Waals surface area contributed by atoms with Gasteiger partial charge in [-0.3, -0.25) is 10.1 Å². The van der Waals surface area contributed by atoms with Gasteiger partial charge in [0.15, 0.2) is 10.9 Å². The summed E-state index contributed by atoms with van der Waals surface area (Å²) in [6.45, 7) is 6.22. The highest BCUT2D eigenvalue weighted by Gasteiger charge is 2.10. The van der Waals surface area contributed by atoms with E-state index in [2.05, 4.69) is 36.3 Å². The molecule has 0 aliphatic carbocycles. The highest BCUT2D eigenvalue weighted by Crippen LogP contribution is 2.28. The van der Waals surface area contributed by atoms with Gasteiger partial charge in [0.25, 0.3) is 5.91 Å². The molecule has 0 fully saturated rings. The minimum absolute atomic E-state index is 0.0439. The van der Waals surface area contributed by atoms with Crippen molar-refractivity contribution in [3.05, 3.63) is 29.8 Å². The Bertz CT molecular complexity index is 612. The third-order valence-electron chi connectivity index (χ3n) is 2.69. The monoisotopic (exact) mass is 337 g/mol. The molecule has 0 aliphatic rings. The summed E-state index contributed by atoms with van der Waals surface area (Å²) in [5.41, 5.74) is 1.24. The van der Waals surface area contributed by atoms with E-state index in [0.717, 1.165) is 10.8 Å².